The van der Waals surface area contributed by atoms with Crippen LogP contribution in [-0.4, -0.2) is 31.9 Å². The molecule has 0 saturated heterocycles. The molecule has 0 bridgehead atoms. The van der Waals surface area contributed by atoms with Gasteiger partial charge in [-0.15, -0.1) is 0 Å². The van der Waals surface area contributed by atoms with E-state index in [0.717, 1.165) is 74.2 Å². The van der Waals surface area contributed by atoms with Crippen LogP contribution >= 0.6 is 0 Å². The molecule has 196 valence electrons. The summed E-state index contributed by atoms with van der Waals surface area (Å²) < 4.78 is 42.7. The molecular formula is C29H44O5S. The fraction of sp³-hybridized carbons (Fsp3) is 0.586. The standard InChI is InChI=1S/C29H44O5S/c1-2-3-4-5-9-15-23-33-27-21-18-22-28(29(27)26-19-13-12-14-20-26)34-24-16-10-7-6-8-11-17-25-35(30,31)32/h12-14,18-22H,2-11,15-17,23-25H2,1H3,(H,30,31,32). The summed E-state index contributed by atoms with van der Waals surface area (Å²) in [5, 5.41) is 0. The van der Waals surface area contributed by atoms with Crippen LogP contribution < -0.4 is 9.47 Å². The van der Waals surface area contributed by atoms with E-state index >= 15 is 0 Å². The molecule has 2 rings (SSSR count). The van der Waals surface area contributed by atoms with Gasteiger partial charge in [-0.3, -0.25) is 4.55 Å². The van der Waals surface area contributed by atoms with E-state index in [1.165, 1.54) is 32.1 Å². The fourth-order valence-corrected chi connectivity index (χ4v) is 4.73. The Hall–Kier alpha value is -2.05. The van der Waals surface area contributed by atoms with Gasteiger partial charge >= 0.3 is 0 Å². The van der Waals surface area contributed by atoms with Crippen LogP contribution in [0, 0.1) is 0 Å². The topological polar surface area (TPSA) is 72.8 Å². The highest BCUT2D eigenvalue weighted by Gasteiger charge is 2.13. The van der Waals surface area contributed by atoms with Crippen molar-refractivity contribution in [3.63, 3.8) is 0 Å². The van der Waals surface area contributed by atoms with E-state index in [1.807, 2.05) is 36.4 Å². The van der Waals surface area contributed by atoms with Gasteiger partial charge in [0, 0.05) is 0 Å². The van der Waals surface area contributed by atoms with Gasteiger partial charge in [-0.25, -0.2) is 0 Å². The monoisotopic (exact) mass is 504 g/mol. The summed E-state index contributed by atoms with van der Waals surface area (Å²) in [5.74, 6) is 1.61. The summed E-state index contributed by atoms with van der Waals surface area (Å²) in [5.41, 5.74) is 2.13. The first-order valence-electron chi connectivity index (χ1n) is 13.4. The average Bonchev–Trinajstić information content (AvgIpc) is 2.84. The molecule has 0 heterocycles. The second kappa shape index (κ2) is 17.4. The summed E-state index contributed by atoms with van der Waals surface area (Å²) in [6.07, 6.45) is 14.0. The predicted octanol–water partition coefficient (Wildman–Crippen LogP) is 8.09. The van der Waals surface area contributed by atoms with E-state index < -0.39 is 10.1 Å². The van der Waals surface area contributed by atoms with Crippen LogP contribution in [0.2, 0.25) is 0 Å². The molecule has 0 aliphatic rings. The lowest BCUT2D eigenvalue weighted by Crippen LogP contribution is -2.03. The van der Waals surface area contributed by atoms with E-state index in [2.05, 4.69) is 19.1 Å². The van der Waals surface area contributed by atoms with Crippen LogP contribution in [0.25, 0.3) is 11.1 Å². The van der Waals surface area contributed by atoms with Gasteiger partial charge in [0.1, 0.15) is 11.5 Å². The van der Waals surface area contributed by atoms with Gasteiger partial charge in [-0.05, 0) is 37.0 Å². The summed E-state index contributed by atoms with van der Waals surface area (Å²) >= 11 is 0. The average molecular weight is 505 g/mol. The van der Waals surface area contributed by atoms with Gasteiger partial charge in [0.2, 0.25) is 0 Å². The normalized spacial score (nSPS) is 11.5. The van der Waals surface area contributed by atoms with Crippen LogP contribution in [-0.2, 0) is 10.1 Å². The minimum atomic E-state index is -3.82. The Kier molecular flexibility index (Phi) is 14.5. The minimum Gasteiger partial charge on any atom is -0.493 e. The van der Waals surface area contributed by atoms with E-state index in [0.29, 0.717) is 13.0 Å². The molecule has 35 heavy (non-hydrogen) atoms. The molecule has 0 unspecified atom stereocenters. The molecule has 0 spiro atoms. The zero-order valence-electron chi connectivity index (χ0n) is 21.4. The largest absolute Gasteiger partial charge is 0.493 e. The van der Waals surface area contributed by atoms with Crippen molar-refractivity contribution in [2.24, 2.45) is 0 Å². The minimum absolute atomic E-state index is 0.133. The quantitative estimate of drug-likeness (QED) is 0.146. The van der Waals surface area contributed by atoms with Gasteiger partial charge in [0.15, 0.2) is 0 Å². The van der Waals surface area contributed by atoms with Crippen LogP contribution in [0.3, 0.4) is 0 Å². The Morgan fingerprint density at radius 2 is 1.11 bits per heavy atom. The molecule has 1 N–H and O–H groups in total. The maximum atomic E-state index is 10.7. The van der Waals surface area contributed by atoms with Crippen LogP contribution in [0.4, 0.5) is 0 Å². The Bertz CT molecular complexity index is 912. The molecule has 0 amide bonds. The lowest BCUT2D eigenvalue weighted by molar-refractivity contribution is 0.292. The van der Waals surface area contributed by atoms with Crippen LogP contribution in [0.15, 0.2) is 48.5 Å². The summed E-state index contributed by atoms with van der Waals surface area (Å²) in [7, 11) is -3.82. The van der Waals surface area contributed by atoms with Gasteiger partial charge < -0.3 is 9.47 Å². The number of hydrogen-bond donors (Lipinski definition) is 1. The third-order valence-corrected chi connectivity index (χ3v) is 6.91. The van der Waals surface area contributed by atoms with Crippen LogP contribution in [0.5, 0.6) is 11.5 Å². The maximum Gasteiger partial charge on any atom is 0.264 e. The molecule has 0 aromatic heterocycles. The van der Waals surface area contributed by atoms with E-state index in [9.17, 15) is 8.42 Å². The number of hydrogen-bond acceptors (Lipinski definition) is 4. The first kappa shape index (κ1) is 29.2. The smallest absolute Gasteiger partial charge is 0.264 e. The van der Waals surface area contributed by atoms with E-state index in [-0.39, 0.29) is 5.75 Å². The summed E-state index contributed by atoms with van der Waals surface area (Å²) in [6.45, 7) is 3.62. The first-order valence-corrected chi connectivity index (χ1v) is 15.0. The molecule has 2 aromatic carbocycles. The lowest BCUT2D eigenvalue weighted by Gasteiger charge is -2.17. The number of unbranched alkanes of at least 4 members (excludes halogenated alkanes) is 11. The van der Waals surface area contributed by atoms with Crippen molar-refractivity contribution in [3.05, 3.63) is 48.5 Å². The van der Waals surface area contributed by atoms with Gasteiger partial charge in [-0.2, -0.15) is 8.42 Å². The number of rotatable bonds is 20. The lowest BCUT2D eigenvalue weighted by atomic mass is 10.0. The molecule has 2 aromatic rings. The molecule has 0 radical (unpaired) electrons. The third kappa shape index (κ3) is 13.0. The van der Waals surface area contributed by atoms with E-state index in [4.69, 9.17) is 14.0 Å². The highest BCUT2D eigenvalue weighted by molar-refractivity contribution is 7.85. The van der Waals surface area contributed by atoms with Crippen molar-refractivity contribution in [1.82, 2.24) is 0 Å². The van der Waals surface area contributed by atoms with Crippen LogP contribution in [0.1, 0.15) is 90.4 Å². The maximum absolute atomic E-state index is 10.7. The summed E-state index contributed by atoms with van der Waals surface area (Å²) in [6, 6.07) is 16.4. The molecular weight excluding hydrogens is 460 g/mol. The van der Waals surface area contributed by atoms with Crippen molar-refractivity contribution in [3.8, 4) is 22.6 Å². The van der Waals surface area contributed by atoms with Crippen molar-refractivity contribution >= 4 is 10.1 Å². The molecule has 0 saturated carbocycles. The molecule has 5 nitrogen and oxygen atoms in total. The highest BCUT2D eigenvalue weighted by Crippen LogP contribution is 2.38. The third-order valence-electron chi connectivity index (χ3n) is 6.11. The Labute approximate surface area is 213 Å². The second-order valence-corrected chi connectivity index (χ2v) is 10.8. The number of benzene rings is 2. The zero-order valence-corrected chi connectivity index (χ0v) is 22.2. The Morgan fingerprint density at radius 1 is 0.629 bits per heavy atom. The molecule has 0 fully saturated rings. The predicted molar refractivity (Wildman–Crippen MR) is 145 cm³/mol. The highest BCUT2D eigenvalue weighted by atomic mass is 32.2. The van der Waals surface area contributed by atoms with Crippen molar-refractivity contribution < 1.29 is 22.4 Å². The van der Waals surface area contributed by atoms with Gasteiger partial charge in [0.25, 0.3) is 10.1 Å². The SMILES string of the molecule is CCCCCCCCOc1cccc(OCCCCCCCCCS(=O)(=O)O)c1-c1ccccc1. The second-order valence-electron chi connectivity index (χ2n) is 9.22. The zero-order chi connectivity index (χ0) is 25.2. The van der Waals surface area contributed by atoms with Crippen molar-refractivity contribution in [2.45, 2.75) is 90.4 Å². The Balaban J connectivity index is 1.79. The fourth-order valence-electron chi connectivity index (χ4n) is 4.16. The molecule has 6 heteroatoms. The number of ether oxygens (including phenoxy) is 2. The van der Waals surface area contributed by atoms with Gasteiger partial charge in [0.05, 0.1) is 24.5 Å². The van der Waals surface area contributed by atoms with Crippen molar-refractivity contribution in [1.29, 1.82) is 0 Å². The molecule has 0 aliphatic carbocycles. The molecule has 0 aliphatic heterocycles. The van der Waals surface area contributed by atoms with E-state index in [1.54, 1.807) is 0 Å². The van der Waals surface area contributed by atoms with Gasteiger partial charge in [-0.1, -0.05) is 108 Å². The molecule has 0 atom stereocenters. The van der Waals surface area contributed by atoms with Crippen molar-refractivity contribution in [2.75, 3.05) is 19.0 Å². The Morgan fingerprint density at radius 3 is 1.63 bits per heavy atom. The summed E-state index contributed by atoms with van der Waals surface area (Å²) in [4.78, 5) is 0. The first-order chi connectivity index (χ1) is 17.0.